The first-order valence-electron chi connectivity index (χ1n) is 12.3. The van der Waals surface area contributed by atoms with Crippen LogP contribution in [0, 0.1) is 6.92 Å². The van der Waals surface area contributed by atoms with Crippen LogP contribution in [-0.2, 0) is 14.8 Å². The van der Waals surface area contributed by atoms with E-state index in [0.717, 1.165) is 19.3 Å². The quantitative estimate of drug-likeness (QED) is 0.193. The Morgan fingerprint density at radius 1 is 0.806 bits per heavy atom. The average Bonchev–Trinajstić information content (AvgIpc) is 2.72. The van der Waals surface area contributed by atoms with Gasteiger partial charge in [0.15, 0.2) is 0 Å². The van der Waals surface area contributed by atoms with Crippen molar-refractivity contribution in [2.45, 2.75) is 121 Å². The zero-order valence-electron chi connectivity index (χ0n) is 19.8. The van der Waals surface area contributed by atoms with Crippen molar-refractivity contribution in [2.75, 3.05) is 5.73 Å². The summed E-state index contributed by atoms with van der Waals surface area (Å²) in [6.07, 6.45) is 19.1. The van der Waals surface area contributed by atoms with Crippen molar-refractivity contribution in [3.05, 3.63) is 23.8 Å². The molecule has 1 rings (SSSR count). The Kier molecular flexibility index (Phi) is 14.3. The maximum atomic E-state index is 12.4. The summed E-state index contributed by atoms with van der Waals surface area (Å²) in [4.78, 5) is 12.1. The van der Waals surface area contributed by atoms with E-state index in [1.165, 1.54) is 83.1 Å². The smallest absolute Gasteiger partial charge is 0.264 e. The summed E-state index contributed by atoms with van der Waals surface area (Å²) >= 11 is 0. The number of hydrogen-bond donors (Lipinski definition) is 2. The molecule has 0 spiro atoms. The Hall–Kier alpha value is -1.56. The van der Waals surface area contributed by atoms with Gasteiger partial charge in [0.2, 0.25) is 5.91 Å². The minimum Gasteiger partial charge on any atom is -0.399 e. The Bertz CT molecular complexity index is 732. The number of aryl methyl sites for hydroxylation is 1. The fourth-order valence-corrected chi connectivity index (χ4v) is 5.11. The molecule has 0 unspecified atom stereocenters. The molecule has 1 aromatic rings. The van der Waals surface area contributed by atoms with Crippen molar-refractivity contribution >= 4 is 21.6 Å². The number of benzene rings is 1. The third kappa shape index (κ3) is 12.8. The van der Waals surface area contributed by atoms with Crippen LogP contribution in [0.3, 0.4) is 0 Å². The van der Waals surface area contributed by atoms with Gasteiger partial charge >= 0.3 is 0 Å². The van der Waals surface area contributed by atoms with Gasteiger partial charge in [-0.05, 0) is 31.0 Å². The van der Waals surface area contributed by atoms with Crippen LogP contribution in [0.2, 0.25) is 0 Å². The van der Waals surface area contributed by atoms with Gasteiger partial charge in [-0.1, -0.05) is 103 Å². The first-order valence-corrected chi connectivity index (χ1v) is 13.8. The van der Waals surface area contributed by atoms with E-state index < -0.39 is 15.9 Å². The highest BCUT2D eigenvalue weighted by atomic mass is 32.2. The zero-order valence-corrected chi connectivity index (χ0v) is 20.6. The number of amides is 1. The van der Waals surface area contributed by atoms with Crippen molar-refractivity contribution in [1.29, 1.82) is 0 Å². The summed E-state index contributed by atoms with van der Waals surface area (Å²) < 4.78 is 26.9. The van der Waals surface area contributed by atoms with Gasteiger partial charge in [-0.25, -0.2) is 13.1 Å². The highest BCUT2D eigenvalue weighted by molar-refractivity contribution is 7.90. The predicted molar refractivity (Wildman–Crippen MR) is 130 cm³/mol. The van der Waals surface area contributed by atoms with Crippen LogP contribution < -0.4 is 10.5 Å². The van der Waals surface area contributed by atoms with Crippen molar-refractivity contribution in [3.63, 3.8) is 0 Å². The number of nitrogen functional groups attached to an aromatic ring is 1. The number of unbranched alkanes of at least 4 members (excludes halogenated alkanes) is 14. The molecular formula is C25H44N2O3S. The van der Waals surface area contributed by atoms with Gasteiger partial charge in [0.25, 0.3) is 10.0 Å². The minimum absolute atomic E-state index is 0.0670. The van der Waals surface area contributed by atoms with Crippen molar-refractivity contribution in [2.24, 2.45) is 0 Å². The van der Waals surface area contributed by atoms with Crippen LogP contribution in [0.15, 0.2) is 23.1 Å². The van der Waals surface area contributed by atoms with E-state index >= 15 is 0 Å². The van der Waals surface area contributed by atoms with E-state index in [2.05, 4.69) is 11.6 Å². The normalized spacial score (nSPS) is 11.5. The summed E-state index contributed by atoms with van der Waals surface area (Å²) in [5.74, 6) is -0.448. The van der Waals surface area contributed by atoms with E-state index in [-0.39, 0.29) is 11.3 Å². The molecule has 0 aliphatic carbocycles. The topological polar surface area (TPSA) is 89.3 Å². The molecule has 0 aromatic heterocycles. The second kappa shape index (κ2) is 16.1. The predicted octanol–water partition coefficient (Wildman–Crippen LogP) is 6.64. The van der Waals surface area contributed by atoms with Crippen LogP contribution in [0.25, 0.3) is 0 Å². The van der Waals surface area contributed by atoms with E-state index in [0.29, 0.717) is 11.3 Å². The largest absolute Gasteiger partial charge is 0.399 e. The third-order valence-corrected chi connectivity index (χ3v) is 7.27. The standard InChI is InChI=1S/C25H44N2O3S/c1-3-4-5-6-7-8-9-10-11-12-13-14-15-16-17-18-25(28)27-31(29,30)24-21-23(26)20-19-22(24)2/h19-21H,3-18,26H2,1-2H3,(H,27,28). The molecular weight excluding hydrogens is 408 g/mol. The fourth-order valence-electron chi connectivity index (χ4n) is 3.82. The SMILES string of the molecule is CCCCCCCCCCCCCCCCCC(=O)NS(=O)(=O)c1cc(N)ccc1C. The lowest BCUT2D eigenvalue weighted by Gasteiger charge is -2.10. The molecule has 0 aliphatic rings. The Morgan fingerprint density at radius 2 is 1.26 bits per heavy atom. The number of carbonyl (C=O) groups excluding carboxylic acids is 1. The van der Waals surface area contributed by atoms with Gasteiger partial charge in [0, 0.05) is 12.1 Å². The number of carbonyl (C=O) groups is 1. The van der Waals surface area contributed by atoms with E-state index in [1.54, 1.807) is 19.1 Å². The molecule has 6 heteroatoms. The monoisotopic (exact) mass is 452 g/mol. The number of hydrogen-bond acceptors (Lipinski definition) is 4. The third-order valence-electron chi connectivity index (χ3n) is 5.76. The number of sulfonamides is 1. The maximum absolute atomic E-state index is 12.4. The Balaban J connectivity index is 2.02. The lowest BCUT2D eigenvalue weighted by molar-refractivity contribution is -0.119. The van der Waals surface area contributed by atoms with Crippen molar-refractivity contribution in [3.8, 4) is 0 Å². The second-order valence-electron chi connectivity index (χ2n) is 8.75. The Morgan fingerprint density at radius 3 is 1.74 bits per heavy atom. The molecule has 178 valence electrons. The second-order valence-corrected chi connectivity index (χ2v) is 10.4. The summed E-state index contributed by atoms with van der Waals surface area (Å²) in [5, 5.41) is 0. The van der Waals surface area contributed by atoms with Crippen LogP contribution in [0.4, 0.5) is 5.69 Å². The van der Waals surface area contributed by atoms with Gasteiger partial charge in [0.05, 0.1) is 4.90 Å². The number of anilines is 1. The summed E-state index contributed by atoms with van der Waals surface area (Å²) in [6.45, 7) is 3.95. The van der Waals surface area contributed by atoms with Crippen LogP contribution in [-0.4, -0.2) is 14.3 Å². The Labute approximate surface area is 190 Å². The van der Waals surface area contributed by atoms with Crippen LogP contribution >= 0.6 is 0 Å². The van der Waals surface area contributed by atoms with Crippen molar-refractivity contribution in [1.82, 2.24) is 4.72 Å². The number of rotatable bonds is 18. The number of nitrogens with one attached hydrogen (secondary N) is 1. The first kappa shape index (κ1) is 27.5. The molecule has 0 saturated heterocycles. The minimum atomic E-state index is -3.86. The molecule has 0 fully saturated rings. The molecule has 31 heavy (non-hydrogen) atoms. The van der Waals surface area contributed by atoms with Gasteiger partial charge in [-0.15, -0.1) is 0 Å². The van der Waals surface area contributed by atoms with Gasteiger partial charge in [-0.2, -0.15) is 0 Å². The molecule has 0 saturated carbocycles. The molecule has 1 aromatic carbocycles. The summed E-state index contributed by atoms with van der Waals surface area (Å²) in [7, 11) is -3.86. The van der Waals surface area contributed by atoms with E-state index in [4.69, 9.17) is 5.73 Å². The first-order chi connectivity index (χ1) is 14.9. The molecule has 0 aliphatic heterocycles. The van der Waals surface area contributed by atoms with E-state index in [9.17, 15) is 13.2 Å². The van der Waals surface area contributed by atoms with Gasteiger partial charge in [-0.3, -0.25) is 4.79 Å². The summed E-state index contributed by atoms with van der Waals surface area (Å²) in [5.41, 5.74) is 6.61. The number of nitrogens with two attached hydrogens (primary N) is 1. The van der Waals surface area contributed by atoms with Gasteiger partial charge < -0.3 is 5.73 Å². The molecule has 0 bridgehead atoms. The fraction of sp³-hybridized carbons (Fsp3) is 0.720. The average molecular weight is 453 g/mol. The maximum Gasteiger partial charge on any atom is 0.264 e. The molecule has 5 nitrogen and oxygen atoms in total. The highest BCUT2D eigenvalue weighted by Gasteiger charge is 2.19. The molecule has 0 radical (unpaired) electrons. The lowest BCUT2D eigenvalue weighted by atomic mass is 10.0. The molecule has 1 amide bonds. The summed E-state index contributed by atoms with van der Waals surface area (Å²) in [6, 6.07) is 4.67. The van der Waals surface area contributed by atoms with Crippen molar-refractivity contribution < 1.29 is 13.2 Å². The zero-order chi connectivity index (χ0) is 23.0. The molecule has 0 atom stereocenters. The van der Waals surface area contributed by atoms with Gasteiger partial charge in [0.1, 0.15) is 0 Å². The van der Waals surface area contributed by atoms with E-state index in [1.807, 2.05) is 0 Å². The molecule has 0 heterocycles. The highest BCUT2D eigenvalue weighted by Crippen LogP contribution is 2.18. The molecule has 3 N–H and O–H groups in total. The van der Waals surface area contributed by atoms with Crippen LogP contribution in [0.1, 0.15) is 115 Å². The lowest BCUT2D eigenvalue weighted by Crippen LogP contribution is -2.30. The van der Waals surface area contributed by atoms with Crippen LogP contribution in [0.5, 0.6) is 0 Å².